The number of benzene rings is 1. The number of carbonyl (C=O) groups excluding carboxylic acids is 2. The molecular weight excluding hydrogens is 249 g/mol. The minimum Gasteiger partial charge on any atom is -0.469 e. The number of ether oxygens (including phenoxy) is 1. The molecule has 1 aromatic rings. The van der Waals surface area contributed by atoms with Crippen LogP contribution < -0.4 is 0 Å². The molecule has 0 unspecified atom stereocenters. The van der Waals surface area contributed by atoms with Gasteiger partial charge in [-0.3, -0.25) is 9.59 Å². The quantitative estimate of drug-likeness (QED) is 0.768. The van der Waals surface area contributed by atoms with Gasteiger partial charge < -0.3 is 9.64 Å². The molecule has 0 aliphatic rings. The Hall–Kier alpha value is -1.91. The van der Waals surface area contributed by atoms with Crippen molar-refractivity contribution in [3.8, 4) is 0 Å². The monoisotopic (exact) mass is 267 g/mol. The number of nitrogens with zero attached hydrogens (tertiary/aromatic N) is 1. The van der Waals surface area contributed by atoms with Crippen molar-refractivity contribution in [2.75, 3.05) is 20.2 Å². The summed E-state index contributed by atoms with van der Waals surface area (Å²) in [7, 11) is 1.29. The van der Waals surface area contributed by atoms with Crippen molar-refractivity contribution >= 4 is 11.9 Å². The highest BCUT2D eigenvalue weighted by Crippen LogP contribution is 2.14. The number of amides is 1. The maximum absolute atomic E-state index is 13.9. The van der Waals surface area contributed by atoms with Crippen LogP contribution in [0, 0.1) is 12.7 Å². The number of carbonyl (C=O) groups is 2. The second-order valence-corrected chi connectivity index (χ2v) is 4.15. The molecular formula is C14H18FNO3. The van der Waals surface area contributed by atoms with Gasteiger partial charge in [-0.25, -0.2) is 4.39 Å². The second kappa shape index (κ2) is 6.87. The average molecular weight is 267 g/mol. The average Bonchev–Trinajstić information content (AvgIpc) is 2.41. The van der Waals surface area contributed by atoms with E-state index in [1.165, 1.54) is 18.1 Å². The summed E-state index contributed by atoms with van der Waals surface area (Å²) < 4.78 is 18.4. The van der Waals surface area contributed by atoms with E-state index in [-0.39, 0.29) is 18.5 Å². The first-order chi connectivity index (χ1) is 9.01. The molecule has 1 aromatic carbocycles. The molecule has 0 aromatic heterocycles. The molecule has 0 aliphatic carbocycles. The largest absolute Gasteiger partial charge is 0.469 e. The van der Waals surface area contributed by atoms with E-state index < -0.39 is 17.7 Å². The number of hydrogen-bond acceptors (Lipinski definition) is 3. The maximum Gasteiger partial charge on any atom is 0.307 e. The Balaban J connectivity index is 2.84. The van der Waals surface area contributed by atoms with Gasteiger partial charge in [0.2, 0.25) is 0 Å². The molecule has 0 aliphatic heterocycles. The third-order valence-corrected chi connectivity index (χ3v) is 2.90. The lowest BCUT2D eigenvalue weighted by Gasteiger charge is -2.20. The molecule has 0 N–H and O–H groups in total. The van der Waals surface area contributed by atoms with Crippen molar-refractivity contribution in [2.45, 2.75) is 20.3 Å². The molecule has 0 heterocycles. The van der Waals surface area contributed by atoms with Crippen molar-refractivity contribution in [1.82, 2.24) is 4.90 Å². The highest BCUT2D eigenvalue weighted by atomic mass is 19.1. The Kier molecular flexibility index (Phi) is 5.48. The smallest absolute Gasteiger partial charge is 0.307 e. The third kappa shape index (κ3) is 3.77. The second-order valence-electron chi connectivity index (χ2n) is 4.15. The van der Waals surface area contributed by atoms with Crippen molar-refractivity contribution in [2.24, 2.45) is 0 Å². The van der Waals surface area contributed by atoms with E-state index >= 15 is 0 Å². The molecule has 0 fully saturated rings. The molecule has 0 radical (unpaired) electrons. The van der Waals surface area contributed by atoms with E-state index in [1.807, 2.05) is 0 Å². The lowest BCUT2D eigenvalue weighted by Crippen LogP contribution is -2.33. The van der Waals surface area contributed by atoms with E-state index in [4.69, 9.17) is 0 Å². The van der Waals surface area contributed by atoms with Gasteiger partial charge in [0.1, 0.15) is 5.82 Å². The van der Waals surface area contributed by atoms with E-state index in [9.17, 15) is 14.0 Å². The summed E-state index contributed by atoms with van der Waals surface area (Å²) in [5, 5.41) is 0. The summed E-state index contributed by atoms with van der Waals surface area (Å²) in [6, 6.07) is 4.70. The van der Waals surface area contributed by atoms with Gasteiger partial charge in [0, 0.05) is 13.1 Å². The van der Waals surface area contributed by atoms with E-state index in [2.05, 4.69) is 4.74 Å². The van der Waals surface area contributed by atoms with Gasteiger partial charge in [0.05, 0.1) is 19.1 Å². The first kappa shape index (κ1) is 15.1. The highest BCUT2D eigenvalue weighted by Gasteiger charge is 2.19. The Morgan fingerprint density at radius 3 is 2.63 bits per heavy atom. The molecule has 0 saturated heterocycles. The van der Waals surface area contributed by atoms with Crippen molar-refractivity contribution in [3.63, 3.8) is 0 Å². The van der Waals surface area contributed by atoms with Crippen LogP contribution in [0.25, 0.3) is 0 Å². The molecule has 0 spiro atoms. The summed E-state index contributed by atoms with van der Waals surface area (Å²) in [5.74, 6) is -1.31. The number of aryl methyl sites for hydroxylation is 1. The molecule has 19 heavy (non-hydrogen) atoms. The van der Waals surface area contributed by atoms with E-state index in [1.54, 1.807) is 26.0 Å². The summed E-state index contributed by atoms with van der Waals surface area (Å²) in [6.45, 7) is 4.01. The van der Waals surface area contributed by atoms with Crippen LogP contribution in [0.4, 0.5) is 4.39 Å². The Morgan fingerprint density at radius 1 is 1.37 bits per heavy atom. The normalized spacial score (nSPS) is 10.1. The predicted molar refractivity (Wildman–Crippen MR) is 69.3 cm³/mol. The van der Waals surface area contributed by atoms with Crippen molar-refractivity contribution in [1.29, 1.82) is 0 Å². The standard InChI is InChI=1S/C14H18FNO3/c1-4-16(9-8-12(17)19-3)14(18)11-7-5-6-10(2)13(11)15/h5-7H,4,8-9H2,1-3H3. The van der Waals surface area contributed by atoms with Crippen LogP contribution in [-0.2, 0) is 9.53 Å². The summed E-state index contributed by atoms with van der Waals surface area (Å²) in [6.07, 6.45) is 0.101. The third-order valence-electron chi connectivity index (χ3n) is 2.90. The molecule has 0 bridgehead atoms. The summed E-state index contributed by atoms with van der Waals surface area (Å²) >= 11 is 0. The first-order valence-corrected chi connectivity index (χ1v) is 6.12. The zero-order chi connectivity index (χ0) is 14.4. The fraction of sp³-hybridized carbons (Fsp3) is 0.429. The van der Waals surface area contributed by atoms with Crippen LogP contribution in [0.1, 0.15) is 29.3 Å². The van der Waals surface area contributed by atoms with Gasteiger partial charge in [-0.05, 0) is 25.5 Å². The number of halogens is 1. The van der Waals surface area contributed by atoms with Gasteiger partial charge in [0.15, 0.2) is 0 Å². The lowest BCUT2D eigenvalue weighted by atomic mass is 10.1. The summed E-state index contributed by atoms with van der Waals surface area (Å²) in [5.41, 5.74) is 0.460. The summed E-state index contributed by atoms with van der Waals surface area (Å²) in [4.78, 5) is 24.7. The Labute approximate surface area is 112 Å². The molecule has 0 saturated carbocycles. The van der Waals surface area contributed by atoms with Crippen LogP contribution in [0.15, 0.2) is 18.2 Å². The molecule has 4 nitrogen and oxygen atoms in total. The van der Waals surface area contributed by atoms with Crippen molar-refractivity contribution < 1.29 is 18.7 Å². The topological polar surface area (TPSA) is 46.6 Å². The van der Waals surface area contributed by atoms with Gasteiger partial charge >= 0.3 is 5.97 Å². The Morgan fingerprint density at radius 2 is 2.05 bits per heavy atom. The van der Waals surface area contributed by atoms with E-state index in [0.717, 1.165) is 0 Å². The predicted octanol–water partition coefficient (Wildman–Crippen LogP) is 2.16. The van der Waals surface area contributed by atoms with E-state index in [0.29, 0.717) is 12.1 Å². The molecule has 5 heteroatoms. The van der Waals surface area contributed by atoms with Gasteiger partial charge in [-0.1, -0.05) is 12.1 Å². The van der Waals surface area contributed by atoms with Crippen LogP contribution in [0.3, 0.4) is 0 Å². The fourth-order valence-corrected chi connectivity index (χ4v) is 1.71. The fourth-order valence-electron chi connectivity index (χ4n) is 1.71. The zero-order valence-electron chi connectivity index (χ0n) is 11.4. The number of rotatable bonds is 5. The highest BCUT2D eigenvalue weighted by molar-refractivity contribution is 5.94. The first-order valence-electron chi connectivity index (χ1n) is 6.12. The van der Waals surface area contributed by atoms with Crippen LogP contribution in [0.5, 0.6) is 0 Å². The van der Waals surface area contributed by atoms with Crippen LogP contribution in [0.2, 0.25) is 0 Å². The molecule has 1 amide bonds. The van der Waals surface area contributed by atoms with Crippen LogP contribution >= 0.6 is 0 Å². The van der Waals surface area contributed by atoms with Gasteiger partial charge in [-0.2, -0.15) is 0 Å². The molecule has 0 atom stereocenters. The van der Waals surface area contributed by atoms with Gasteiger partial charge in [0.25, 0.3) is 5.91 Å². The molecule has 1 rings (SSSR count). The van der Waals surface area contributed by atoms with Crippen LogP contribution in [-0.4, -0.2) is 37.0 Å². The Bertz CT molecular complexity index is 474. The minimum atomic E-state index is -0.510. The van der Waals surface area contributed by atoms with Crippen molar-refractivity contribution in [3.05, 3.63) is 35.1 Å². The minimum absolute atomic E-state index is 0.0340. The lowest BCUT2D eigenvalue weighted by molar-refractivity contribution is -0.140. The SMILES string of the molecule is CCN(CCC(=O)OC)C(=O)c1cccc(C)c1F. The zero-order valence-corrected chi connectivity index (χ0v) is 11.4. The number of hydrogen-bond donors (Lipinski definition) is 0. The maximum atomic E-state index is 13.9. The number of methoxy groups -OCH3 is 1. The molecule has 104 valence electrons. The number of esters is 1. The van der Waals surface area contributed by atoms with Gasteiger partial charge in [-0.15, -0.1) is 0 Å².